The van der Waals surface area contributed by atoms with Gasteiger partial charge in [-0.25, -0.2) is 0 Å². The topological polar surface area (TPSA) is 51.3 Å². The van der Waals surface area contributed by atoms with E-state index in [2.05, 4.69) is 4.98 Å². The van der Waals surface area contributed by atoms with Crippen molar-refractivity contribution in [2.45, 2.75) is 0 Å². The van der Waals surface area contributed by atoms with E-state index in [9.17, 15) is 4.79 Å². The van der Waals surface area contributed by atoms with Crippen molar-refractivity contribution in [1.29, 1.82) is 0 Å². The number of hydrogen-bond donors (Lipinski definition) is 1. The van der Waals surface area contributed by atoms with Gasteiger partial charge in [0, 0.05) is 6.20 Å². The van der Waals surface area contributed by atoms with Gasteiger partial charge < -0.3 is 14.5 Å². The summed E-state index contributed by atoms with van der Waals surface area (Å²) >= 11 is 0. The van der Waals surface area contributed by atoms with Crippen molar-refractivity contribution in [3.05, 3.63) is 11.9 Å². The van der Waals surface area contributed by atoms with Gasteiger partial charge in [0.2, 0.25) is 0 Å². The monoisotopic (exact) mass is 155 g/mol. The molecule has 4 heteroatoms. The van der Waals surface area contributed by atoms with Gasteiger partial charge in [0.1, 0.15) is 5.69 Å². The molecule has 1 aromatic heterocycles. The van der Waals surface area contributed by atoms with Gasteiger partial charge in [-0.15, -0.1) is 0 Å². The number of H-pyrrole nitrogens is 1. The molecule has 0 aliphatic carbocycles. The summed E-state index contributed by atoms with van der Waals surface area (Å²) in [6.07, 6.45) is 2.25. The third-order valence-corrected chi connectivity index (χ3v) is 1.37. The lowest BCUT2D eigenvalue weighted by Gasteiger charge is -1.99. The summed E-state index contributed by atoms with van der Waals surface area (Å²) in [4.78, 5) is 13.1. The first kappa shape index (κ1) is 7.65. The van der Waals surface area contributed by atoms with E-state index >= 15 is 0 Å². The van der Waals surface area contributed by atoms with E-state index < -0.39 is 0 Å². The Hall–Kier alpha value is -1.45. The second kappa shape index (κ2) is 3.09. The summed E-state index contributed by atoms with van der Waals surface area (Å²) in [5.41, 5.74) is 0.393. The fourth-order valence-corrected chi connectivity index (χ4v) is 0.857. The molecule has 60 valence electrons. The Morgan fingerprint density at radius 2 is 2.18 bits per heavy atom. The first-order chi connectivity index (χ1) is 5.33. The standard InChI is InChI=1S/C7H9NO3/c1-10-6-3-8-5(4-9)7(6)11-2/h3-4,8H,1-2H3. The van der Waals surface area contributed by atoms with Crippen molar-refractivity contribution in [2.24, 2.45) is 0 Å². The van der Waals surface area contributed by atoms with Crippen LogP contribution in [0, 0.1) is 0 Å². The van der Waals surface area contributed by atoms with Gasteiger partial charge in [0.05, 0.1) is 14.2 Å². The Morgan fingerprint density at radius 3 is 2.64 bits per heavy atom. The maximum Gasteiger partial charge on any atom is 0.189 e. The Bertz CT molecular complexity index is 254. The number of methoxy groups -OCH3 is 2. The number of carbonyl (C=O) groups excluding carboxylic acids is 1. The molecule has 1 rings (SSSR count). The molecule has 0 unspecified atom stereocenters. The van der Waals surface area contributed by atoms with Crippen LogP contribution in [0.3, 0.4) is 0 Å². The normalized spacial score (nSPS) is 9.27. The minimum absolute atomic E-state index is 0.393. The smallest absolute Gasteiger partial charge is 0.189 e. The molecule has 4 nitrogen and oxygen atoms in total. The quantitative estimate of drug-likeness (QED) is 0.658. The van der Waals surface area contributed by atoms with Crippen LogP contribution < -0.4 is 9.47 Å². The van der Waals surface area contributed by atoms with Crippen LogP contribution in [0.25, 0.3) is 0 Å². The van der Waals surface area contributed by atoms with Crippen molar-refractivity contribution in [3.63, 3.8) is 0 Å². The van der Waals surface area contributed by atoms with Gasteiger partial charge in [-0.2, -0.15) is 0 Å². The van der Waals surface area contributed by atoms with Crippen molar-refractivity contribution >= 4 is 6.29 Å². The first-order valence-corrected chi connectivity index (χ1v) is 3.08. The lowest BCUT2D eigenvalue weighted by Crippen LogP contribution is -1.89. The molecular weight excluding hydrogens is 146 g/mol. The van der Waals surface area contributed by atoms with Crippen LogP contribution in [0.15, 0.2) is 6.20 Å². The molecule has 1 N–H and O–H groups in total. The Morgan fingerprint density at radius 1 is 1.45 bits per heavy atom. The number of aldehydes is 1. The Labute approximate surface area is 64.1 Å². The zero-order valence-electron chi connectivity index (χ0n) is 6.38. The number of aromatic nitrogens is 1. The summed E-state index contributed by atoms with van der Waals surface area (Å²) in [7, 11) is 3.00. The lowest BCUT2D eigenvalue weighted by molar-refractivity contribution is 0.111. The predicted molar refractivity (Wildman–Crippen MR) is 39.3 cm³/mol. The molecule has 0 aliphatic heterocycles. The average Bonchev–Trinajstić information content (AvgIpc) is 2.45. The molecule has 1 heterocycles. The molecule has 0 spiro atoms. The van der Waals surface area contributed by atoms with Gasteiger partial charge in [-0.3, -0.25) is 4.79 Å². The maximum atomic E-state index is 10.3. The highest BCUT2D eigenvalue weighted by Crippen LogP contribution is 2.28. The van der Waals surface area contributed by atoms with Crippen LogP contribution >= 0.6 is 0 Å². The van der Waals surface area contributed by atoms with Crippen LogP contribution in [0.5, 0.6) is 11.5 Å². The second-order valence-electron chi connectivity index (χ2n) is 1.92. The van der Waals surface area contributed by atoms with Crippen molar-refractivity contribution in [1.82, 2.24) is 4.98 Å². The number of aromatic amines is 1. The fourth-order valence-electron chi connectivity index (χ4n) is 0.857. The van der Waals surface area contributed by atoms with Crippen LogP contribution in [0.4, 0.5) is 0 Å². The highest BCUT2D eigenvalue weighted by Gasteiger charge is 2.10. The molecule has 0 aliphatic rings. The molecule has 0 radical (unpaired) electrons. The summed E-state index contributed by atoms with van der Waals surface area (Å²) in [5, 5.41) is 0. The lowest BCUT2D eigenvalue weighted by atomic mass is 10.4. The van der Waals surface area contributed by atoms with Gasteiger partial charge >= 0.3 is 0 Å². The fraction of sp³-hybridized carbons (Fsp3) is 0.286. The number of nitrogens with one attached hydrogen (secondary N) is 1. The molecule has 0 atom stereocenters. The summed E-state index contributed by atoms with van der Waals surface area (Å²) in [6.45, 7) is 0. The Balaban J connectivity index is 3.08. The van der Waals surface area contributed by atoms with Crippen LogP contribution in [0.1, 0.15) is 10.5 Å². The summed E-state index contributed by atoms with van der Waals surface area (Å²) < 4.78 is 9.81. The van der Waals surface area contributed by atoms with Crippen molar-refractivity contribution < 1.29 is 14.3 Å². The SMILES string of the molecule is COc1c[nH]c(C=O)c1OC. The molecule has 1 aromatic rings. The molecular formula is C7H9NO3. The number of rotatable bonds is 3. The van der Waals surface area contributed by atoms with Crippen molar-refractivity contribution in [2.75, 3.05) is 14.2 Å². The van der Waals surface area contributed by atoms with Gasteiger partial charge in [-0.1, -0.05) is 0 Å². The third-order valence-electron chi connectivity index (χ3n) is 1.37. The molecule has 0 saturated heterocycles. The molecule has 11 heavy (non-hydrogen) atoms. The third kappa shape index (κ3) is 1.19. The molecule has 0 saturated carbocycles. The minimum atomic E-state index is 0.393. The van der Waals surface area contributed by atoms with E-state index in [0.29, 0.717) is 23.5 Å². The summed E-state index contributed by atoms with van der Waals surface area (Å²) in [6, 6.07) is 0. The van der Waals surface area contributed by atoms with E-state index in [1.807, 2.05) is 0 Å². The molecule has 0 fully saturated rings. The highest BCUT2D eigenvalue weighted by molar-refractivity contribution is 5.78. The van der Waals surface area contributed by atoms with E-state index in [1.54, 1.807) is 6.20 Å². The van der Waals surface area contributed by atoms with E-state index in [4.69, 9.17) is 9.47 Å². The highest BCUT2D eigenvalue weighted by atomic mass is 16.5. The largest absolute Gasteiger partial charge is 0.491 e. The summed E-state index contributed by atoms with van der Waals surface area (Å²) in [5.74, 6) is 0.983. The van der Waals surface area contributed by atoms with E-state index in [-0.39, 0.29) is 0 Å². The van der Waals surface area contributed by atoms with Gasteiger partial charge in [0.25, 0.3) is 0 Å². The predicted octanol–water partition coefficient (Wildman–Crippen LogP) is 0.844. The second-order valence-corrected chi connectivity index (χ2v) is 1.92. The minimum Gasteiger partial charge on any atom is -0.491 e. The van der Waals surface area contributed by atoms with E-state index in [1.165, 1.54) is 14.2 Å². The Kier molecular flexibility index (Phi) is 2.15. The zero-order chi connectivity index (χ0) is 8.27. The molecule has 0 amide bonds. The van der Waals surface area contributed by atoms with Crippen molar-refractivity contribution in [3.8, 4) is 11.5 Å². The van der Waals surface area contributed by atoms with E-state index in [0.717, 1.165) is 0 Å². The molecule has 0 aromatic carbocycles. The molecule has 0 bridgehead atoms. The van der Waals surface area contributed by atoms with Gasteiger partial charge in [-0.05, 0) is 0 Å². The van der Waals surface area contributed by atoms with Crippen LogP contribution in [-0.4, -0.2) is 25.5 Å². The van der Waals surface area contributed by atoms with Gasteiger partial charge in [0.15, 0.2) is 17.8 Å². The first-order valence-electron chi connectivity index (χ1n) is 3.08. The number of hydrogen-bond acceptors (Lipinski definition) is 3. The number of ether oxygens (including phenoxy) is 2. The zero-order valence-corrected chi connectivity index (χ0v) is 6.38. The van der Waals surface area contributed by atoms with Crippen LogP contribution in [-0.2, 0) is 0 Å². The van der Waals surface area contributed by atoms with Crippen LogP contribution in [0.2, 0.25) is 0 Å². The maximum absolute atomic E-state index is 10.3. The average molecular weight is 155 g/mol. The number of carbonyl (C=O) groups is 1.